The summed E-state index contributed by atoms with van der Waals surface area (Å²) in [5, 5.41) is 0. The summed E-state index contributed by atoms with van der Waals surface area (Å²) in [4.78, 5) is 4.30. The van der Waals surface area contributed by atoms with Crippen molar-refractivity contribution in [3.8, 4) is 22.9 Å². The molecule has 4 nitrogen and oxygen atoms in total. The van der Waals surface area contributed by atoms with E-state index in [0.717, 1.165) is 22.9 Å². The van der Waals surface area contributed by atoms with Gasteiger partial charge < -0.3 is 9.47 Å². The van der Waals surface area contributed by atoms with Gasteiger partial charge >= 0.3 is 0 Å². The van der Waals surface area contributed by atoms with Crippen molar-refractivity contribution in [2.24, 2.45) is 0 Å². The topological polar surface area (TPSA) is 36.3 Å². The van der Waals surface area contributed by atoms with E-state index in [0.29, 0.717) is 6.73 Å². The van der Waals surface area contributed by atoms with Gasteiger partial charge in [0.15, 0.2) is 18.2 Å². The SMILES string of the molecule is COc1cccc2c1OCn1ccnc1-2. The van der Waals surface area contributed by atoms with Crippen molar-refractivity contribution in [2.45, 2.75) is 6.73 Å². The number of ether oxygens (including phenoxy) is 2. The third kappa shape index (κ3) is 1.11. The number of aromatic nitrogens is 2. The number of fused-ring (bicyclic) bond motifs is 3. The van der Waals surface area contributed by atoms with Crippen molar-refractivity contribution in [3.63, 3.8) is 0 Å². The molecule has 3 rings (SSSR count). The highest BCUT2D eigenvalue weighted by Gasteiger charge is 2.20. The lowest BCUT2D eigenvalue weighted by atomic mass is 10.1. The zero-order valence-corrected chi connectivity index (χ0v) is 8.30. The molecule has 0 N–H and O–H groups in total. The van der Waals surface area contributed by atoms with Gasteiger partial charge in [0.2, 0.25) is 0 Å². The second-order valence-electron chi connectivity index (χ2n) is 3.33. The van der Waals surface area contributed by atoms with E-state index in [1.54, 1.807) is 13.3 Å². The second kappa shape index (κ2) is 3.02. The van der Waals surface area contributed by atoms with Crippen LogP contribution >= 0.6 is 0 Å². The Bertz CT molecular complexity index is 505. The van der Waals surface area contributed by atoms with Crippen molar-refractivity contribution < 1.29 is 9.47 Å². The van der Waals surface area contributed by atoms with Gasteiger partial charge in [-0.05, 0) is 12.1 Å². The number of hydrogen-bond donors (Lipinski definition) is 0. The summed E-state index contributed by atoms with van der Waals surface area (Å²) >= 11 is 0. The van der Waals surface area contributed by atoms with E-state index in [2.05, 4.69) is 4.98 Å². The first-order valence-electron chi connectivity index (χ1n) is 4.71. The Morgan fingerprint density at radius 3 is 3.27 bits per heavy atom. The van der Waals surface area contributed by atoms with E-state index in [1.807, 2.05) is 29.0 Å². The molecule has 0 saturated carbocycles. The number of para-hydroxylation sites is 1. The fraction of sp³-hybridized carbons (Fsp3) is 0.182. The molecule has 0 fully saturated rings. The zero-order chi connectivity index (χ0) is 10.3. The third-order valence-electron chi connectivity index (χ3n) is 2.50. The number of imidazole rings is 1. The van der Waals surface area contributed by atoms with Crippen LogP contribution in [0.3, 0.4) is 0 Å². The molecule has 1 aromatic carbocycles. The molecular formula is C11H10N2O2. The lowest BCUT2D eigenvalue weighted by molar-refractivity contribution is 0.218. The molecule has 0 aliphatic carbocycles. The van der Waals surface area contributed by atoms with Crippen molar-refractivity contribution in [2.75, 3.05) is 7.11 Å². The minimum atomic E-state index is 0.489. The molecule has 76 valence electrons. The van der Waals surface area contributed by atoms with Crippen molar-refractivity contribution in [1.29, 1.82) is 0 Å². The minimum Gasteiger partial charge on any atom is -0.493 e. The van der Waals surface area contributed by atoms with Gasteiger partial charge in [-0.3, -0.25) is 4.57 Å². The van der Waals surface area contributed by atoms with E-state index in [-0.39, 0.29) is 0 Å². The molecular weight excluding hydrogens is 192 g/mol. The van der Waals surface area contributed by atoms with Crippen LogP contribution in [0.2, 0.25) is 0 Å². The summed E-state index contributed by atoms with van der Waals surface area (Å²) in [6.07, 6.45) is 3.67. The molecule has 2 aromatic rings. The number of hydrogen-bond acceptors (Lipinski definition) is 3. The Hall–Kier alpha value is -1.97. The summed E-state index contributed by atoms with van der Waals surface area (Å²) < 4.78 is 12.8. The predicted octanol–water partition coefficient (Wildman–Crippen LogP) is 1.91. The molecule has 0 bridgehead atoms. The van der Waals surface area contributed by atoms with Gasteiger partial charge in [0.05, 0.1) is 12.7 Å². The molecule has 15 heavy (non-hydrogen) atoms. The van der Waals surface area contributed by atoms with Gasteiger partial charge in [-0.15, -0.1) is 0 Å². The van der Waals surface area contributed by atoms with E-state index in [1.165, 1.54) is 0 Å². The Morgan fingerprint density at radius 1 is 1.47 bits per heavy atom. The average molecular weight is 202 g/mol. The molecule has 0 spiro atoms. The summed E-state index contributed by atoms with van der Waals surface area (Å²) in [5.41, 5.74) is 0.977. The number of rotatable bonds is 1. The second-order valence-corrected chi connectivity index (χ2v) is 3.33. The Kier molecular flexibility index (Phi) is 1.68. The minimum absolute atomic E-state index is 0.489. The fourth-order valence-corrected chi connectivity index (χ4v) is 1.79. The first-order valence-corrected chi connectivity index (χ1v) is 4.71. The van der Waals surface area contributed by atoms with Crippen LogP contribution < -0.4 is 9.47 Å². The van der Waals surface area contributed by atoms with Crippen LogP contribution in [0.1, 0.15) is 0 Å². The van der Waals surface area contributed by atoms with Gasteiger partial charge in [0.25, 0.3) is 0 Å². The predicted molar refractivity (Wildman–Crippen MR) is 54.8 cm³/mol. The maximum atomic E-state index is 5.63. The molecule has 0 atom stereocenters. The largest absolute Gasteiger partial charge is 0.493 e. The lowest BCUT2D eigenvalue weighted by Gasteiger charge is -2.20. The van der Waals surface area contributed by atoms with E-state index < -0.39 is 0 Å². The average Bonchev–Trinajstić information content (AvgIpc) is 2.76. The third-order valence-corrected chi connectivity index (χ3v) is 2.50. The van der Waals surface area contributed by atoms with Crippen LogP contribution in [0.5, 0.6) is 11.5 Å². The molecule has 0 unspecified atom stereocenters. The van der Waals surface area contributed by atoms with Crippen LogP contribution in [0.15, 0.2) is 30.6 Å². The molecule has 0 radical (unpaired) electrons. The summed E-state index contributed by atoms with van der Waals surface area (Å²) in [6, 6.07) is 5.80. The lowest BCUT2D eigenvalue weighted by Crippen LogP contribution is -2.12. The van der Waals surface area contributed by atoms with Crippen molar-refractivity contribution in [3.05, 3.63) is 30.6 Å². The van der Waals surface area contributed by atoms with Crippen LogP contribution in [-0.4, -0.2) is 16.7 Å². The maximum absolute atomic E-state index is 5.63. The van der Waals surface area contributed by atoms with Gasteiger partial charge in [-0.25, -0.2) is 4.98 Å². The van der Waals surface area contributed by atoms with Crippen LogP contribution in [-0.2, 0) is 6.73 Å². The highest BCUT2D eigenvalue weighted by molar-refractivity contribution is 5.70. The molecule has 0 amide bonds. The molecule has 0 saturated heterocycles. The summed E-state index contributed by atoms with van der Waals surface area (Å²) in [6.45, 7) is 0.489. The highest BCUT2D eigenvalue weighted by atomic mass is 16.5. The molecule has 4 heteroatoms. The summed E-state index contributed by atoms with van der Waals surface area (Å²) in [7, 11) is 1.64. The molecule has 1 aliphatic rings. The normalized spacial score (nSPS) is 12.6. The smallest absolute Gasteiger partial charge is 0.174 e. The number of methoxy groups -OCH3 is 1. The highest BCUT2D eigenvalue weighted by Crippen LogP contribution is 2.39. The Balaban J connectivity index is 2.25. The Labute approximate surface area is 87.1 Å². The summed E-state index contributed by atoms with van der Waals surface area (Å²) in [5.74, 6) is 2.45. The van der Waals surface area contributed by atoms with Crippen LogP contribution in [0.4, 0.5) is 0 Å². The standard InChI is InChI=1S/C11H10N2O2/c1-14-9-4-2-3-8-10(9)15-7-13-6-5-12-11(8)13/h2-6H,7H2,1H3. The maximum Gasteiger partial charge on any atom is 0.174 e. The molecule has 1 aliphatic heterocycles. The van der Waals surface area contributed by atoms with Gasteiger partial charge in [-0.1, -0.05) is 6.07 Å². The van der Waals surface area contributed by atoms with Crippen LogP contribution in [0, 0.1) is 0 Å². The van der Waals surface area contributed by atoms with E-state index in [9.17, 15) is 0 Å². The fourth-order valence-electron chi connectivity index (χ4n) is 1.79. The number of nitrogens with zero attached hydrogens (tertiary/aromatic N) is 2. The monoisotopic (exact) mass is 202 g/mol. The Morgan fingerprint density at radius 2 is 2.40 bits per heavy atom. The van der Waals surface area contributed by atoms with E-state index >= 15 is 0 Å². The molecule has 1 aromatic heterocycles. The van der Waals surface area contributed by atoms with Crippen LogP contribution in [0.25, 0.3) is 11.4 Å². The first-order chi connectivity index (χ1) is 7.40. The zero-order valence-electron chi connectivity index (χ0n) is 8.30. The molecule has 2 heterocycles. The van der Waals surface area contributed by atoms with Crippen molar-refractivity contribution in [1.82, 2.24) is 9.55 Å². The quantitative estimate of drug-likeness (QED) is 0.708. The van der Waals surface area contributed by atoms with Crippen molar-refractivity contribution >= 4 is 0 Å². The van der Waals surface area contributed by atoms with Gasteiger partial charge in [0, 0.05) is 12.4 Å². The number of benzene rings is 1. The first kappa shape index (κ1) is 8.35. The van der Waals surface area contributed by atoms with Gasteiger partial charge in [-0.2, -0.15) is 0 Å². The van der Waals surface area contributed by atoms with Gasteiger partial charge in [0.1, 0.15) is 5.82 Å². The van der Waals surface area contributed by atoms with E-state index in [4.69, 9.17) is 9.47 Å².